The first-order valence-electron chi connectivity index (χ1n) is 11.0. The fourth-order valence-electron chi connectivity index (χ4n) is 3.40. The fourth-order valence-corrected chi connectivity index (χ4v) is 3.40. The molecule has 0 saturated heterocycles. The van der Waals surface area contributed by atoms with Crippen LogP contribution in [0.2, 0.25) is 0 Å². The highest BCUT2D eigenvalue weighted by atomic mass is 16.5. The molecule has 2 aliphatic carbocycles. The number of aliphatic hydroxyl groups excluding tert-OH is 1. The van der Waals surface area contributed by atoms with Crippen molar-refractivity contribution in [2.24, 2.45) is 0 Å². The molecule has 0 heterocycles. The van der Waals surface area contributed by atoms with Crippen molar-refractivity contribution in [2.45, 2.75) is 63.4 Å². The van der Waals surface area contributed by atoms with E-state index >= 15 is 0 Å². The minimum Gasteiger partial charge on any atom is -0.388 e. The van der Waals surface area contributed by atoms with Gasteiger partial charge in [0.15, 0.2) is 0 Å². The van der Waals surface area contributed by atoms with Gasteiger partial charge in [0.1, 0.15) is 6.10 Å². The van der Waals surface area contributed by atoms with Crippen LogP contribution in [0.1, 0.15) is 49.7 Å². The lowest BCUT2D eigenvalue weighted by molar-refractivity contribution is -0.148. The highest BCUT2D eigenvalue weighted by Crippen LogP contribution is 2.34. The Labute approximate surface area is 180 Å². The Bertz CT molecular complexity index is 747. The number of hydrogen-bond donors (Lipinski definition) is 2. The molecule has 2 aromatic rings. The van der Waals surface area contributed by atoms with Gasteiger partial charge in [0.05, 0.1) is 32.0 Å². The minimum atomic E-state index is -0.892. The Kier molecular flexibility index (Phi) is 9.09. The molecule has 0 amide bonds. The first-order chi connectivity index (χ1) is 14.7. The van der Waals surface area contributed by atoms with E-state index in [1.807, 2.05) is 48.5 Å². The second-order valence-electron chi connectivity index (χ2n) is 8.19. The van der Waals surface area contributed by atoms with E-state index in [1.54, 1.807) is 5.57 Å². The van der Waals surface area contributed by atoms with E-state index in [1.165, 1.54) is 24.8 Å². The molecular formula is C26H34O4. The zero-order valence-corrected chi connectivity index (χ0v) is 17.7. The maximum absolute atomic E-state index is 9.85. The highest BCUT2D eigenvalue weighted by Gasteiger charge is 2.41. The minimum absolute atomic E-state index is 0.200. The molecule has 0 bridgehead atoms. The summed E-state index contributed by atoms with van der Waals surface area (Å²) in [6.07, 6.45) is 7.77. The molecule has 2 aliphatic rings. The molecule has 30 heavy (non-hydrogen) atoms. The number of ether oxygens (including phenoxy) is 2. The van der Waals surface area contributed by atoms with Crippen molar-refractivity contribution in [3.8, 4) is 0 Å². The number of benzene rings is 2. The van der Waals surface area contributed by atoms with Gasteiger partial charge in [-0.3, -0.25) is 0 Å². The average molecular weight is 411 g/mol. The first kappa shape index (κ1) is 22.7. The van der Waals surface area contributed by atoms with Gasteiger partial charge in [0, 0.05) is 0 Å². The van der Waals surface area contributed by atoms with Crippen molar-refractivity contribution in [3.05, 3.63) is 83.4 Å². The largest absolute Gasteiger partial charge is 0.388 e. The predicted octanol–water partition coefficient (Wildman–Crippen LogP) is 4.79. The van der Waals surface area contributed by atoms with Gasteiger partial charge in [-0.15, -0.1) is 0 Å². The van der Waals surface area contributed by atoms with Crippen molar-refractivity contribution in [1.82, 2.24) is 0 Å². The lowest BCUT2D eigenvalue weighted by atomic mass is 9.76. The van der Waals surface area contributed by atoms with Crippen LogP contribution in [0.3, 0.4) is 0 Å². The molecule has 0 aliphatic heterocycles. The molecule has 2 saturated carbocycles. The number of allylic oxidation sites excluding steroid dienone is 1. The molecule has 4 rings (SSSR count). The highest BCUT2D eigenvalue weighted by molar-refractivity contribution is 5.14. The van der Waals surface area contributed by atoms with Crippen LogP contribution in [-0.2, 0) is 22.7 Å². The van der Waals surface area contributed by atoms with Gasteiger partial charge in [-0.2, -0.15) is 0 Å². The molecule has 4 heteroatoms. The molecule has 0 radical (unpaired) electrons. The predicted molar refractivity (Wildman–Crippen MR) is 119 cm³/mol. The Morgan fingerprint density at radius 3 is 1.87 bits per heavy atom. The summed E-state index contributed by atoms with van der Waals surface area (Å²) in [5.74, 6) is 0. The summed E-state index contributed by atoms with van der Waals surface area (Å²) in [7, 11) is 0. The molecular weight excluding hydrogens is 376 g/mol. The van der Waals surface area contributed by atoms with E-state index in [0.717, 1.165) is 25.2 Å². The van der Waals surface area contributed by atoms with E-state index in [4.69, 9.17) is 9.47 Å². The molecule has 2 N–H and O–H groups in total. The third-order valence-electron chi connectivity index (χ3n) is 5.82. The van der Waals surface area contributed by atoms with Crippen molar-refractivity contribution in [2.75, 3.05) is 13.2 Å². The molecule has 0 aromatic heterocycles. The van der Waals surface area contributed by atoms with Crippen LogP contribution >= 0.6 is 0 Å². The summed E-state index contributed by atoms with van der Waals surface area (Å²) in [4.78, 5) is 0. The van der Waals surface area contributed by atoms with E-state index in [2.05, 4.69) is 18.2 Å². The second-order valence-corrected chi connectivity index (χ2v) is 8.19. The Morgan fingerprint density at radius 2 is 1.40 bits per heavy atom. The maximum atomic E-state index is 9.85. The number of hydrogen-bond acceptors (Lipinski definition) is 4. The van der Waals surface area contributed by atoms with Crippen LogP contribution in [-0.4, -0.2) is 35.1 Å². The third kappa shape index (κ3) is 7.37. The van der Waals surface area contributed by atoms with Gasteiger partial charge < -0.3 is 19.7 Å². The van der Waals surface area contributed by atoms with Crippen molar-refractivity contribution in [3.63, 3.8) is 0 Å². The van der Waals surface area contributed by atoms with Gasteiger partial charge in [0.25, 0.3) is 0 Å². The lowest BCUT2D eigenvalue weighted by Crippen LogP contribution is -2.50. The van der Waals surface area contributed by atoms with Crippen LogP contribution < -0.4 is 0 Å². The fraction of sp³-hybridized carbons (Fsp3) is 0.462. The molecule has 2 aromatic carbocycles. The van der Waals surface area contributed by atoms with Crippen LogP contribution in [0.25, 0.3) is 0 Å². The standard InChI is InChI=1S/C13H18O3.C13H16O/c14-12(13(15)7-4-8-13)10-16-9-11-5-2-1-3-6-11;1-2-5-13(6-3-1)11-14-10-9-12-7-4-8-12/h1-3,5-6,12,14-15H,4,7-10H2;1-3,5-6,9H,4,7-8,10-11H2. The molecule has 2 fully saturated rings. The zero-order chi connectivity index (χ0) is 21.1. The van der Waals surface area contributed by atoms with Gasteiger partial charge in [-0.05, 0) is 49.7 Å². The summed E-state index contributed by atoms with van der Waals surface area (Å²) in [5, 5.41) is 19.6. The Balaban J connectivity index is 0.000000172. The van der Waals surface area contributed by atoms with Crippen LogP contribution in [0.4, 0.5) is 0 Å². The van der Waals surface area contributed by atoms with E-state index in [9.17, 15) is 10.2 Å². The Hall–Kier alpha value is -1.98. The summed E-state index contributed by atoms with van der Waals surface area (Å²) < 4.78 is 10.9. The monoisotopic (exact) mass is 410 g/mol. The molecule has 162 valence electrons. The van der Waals surface area contributed by atoms with Crippen LogP contribution in [0.15, 0.2) is 72.3 Å². The van der Waals surface area contributed by atoms with Crippen LogP contribution in [0.5, 0.6) is 0 Å². The normalized spacial score (nSPS) is 17.7. The number of rotatable bonds is 9. The summed E-state index contributed by atoms with van der Waals surface area (Å²) >= 11 is 0. The summed E-state index contributed by atoms with van der Waals surface area (Å²) in [5.41, 5.74) is 3.00. The van der Waals surface area contributed by atoms with Gasteiger partial charge in [-0.1, -0.05) is 72.3 Å². The maximum Gasteiger partial charge on any atom is 0.106 e. The number of aliphatic hydroxyl groups is 2. The van der Waals surface area contributed by atoms with Crippen molar-refractivity contribution in [1.29, 1.82) is 0 Å². The first-order valence-corrected chi connectivity index (χ1v) is 11.0. The second kappa shape index (κ2) is 12.0. The third-order valence-corrected chi connectivity index (χ3v) is 5.82. The SMILES string of the molecule is C(COCc1ccccc1)=C1CCC1.OC(COCc1ccccc1)C1(O)CCC1. The topological polar surface area (TPSA) is 58.9 Å². The van der Waals surface area contributed by atoms with E-state index in [0.29, 0.717) is 19.4 Å². The zero-order valence-electron chi connectivity index (χ0n) is 17.7. The molecule has 1 unspecified atom stereocenters. The quantitative estimate of drug-likeness (QED) is 0.461. The molecule has 0 spiro atoms. The van der Waals surface area contributed by atoms with Gasteiger partial charge in [0.2, 0.25) is 0 Å². The average Bonchev–Trinajstić information content (AvgIpc) is 2.72. The summed E-state index contributed by atoms with van der Waals surface area (Å²) in [6.45, 7) is 2.17. The van der Waals surface area contributed by atoms with Crippen molar-refractivity contribution < 1.29 is 19.7 Å². The van der Waals surface area contributed by atoms with Gasteiger partial charge >= 0.3 is 0 Å². The Morgan fingerprint density at radius 1 is 0.833 bits per heavy atom. The van der Waals surface area contributed by atoms with Crippen LogP contribution in [0, 0.1) is 0 Å². The van der Waals surface area contributed by atoms with Gasteiger partial charge in [-0.25, -0.2) is 0 Å². The summed E-state index contributed by atoms with van der Waals surface area (Å²) in [6, 6.07) is 20.1. The van der Waals surface area contributed by atoms with Crippen molar-refractivity contribution >= 4 is 0 Å². The van der Waals surface area contributed by atoms with E-state index in [-0.39, 0.29) is 6.61 Å². The molecule has 4 nitrogen and oxygen atoms in total. The molecule has 1 atom stereocenters. The van der Waals surface area contributed by atoms with E-state index < -0.39 is 11.7 Å². The smallest absolute Gasteiger partial charge is 0.106 e. The lowest BCUT2D eigenvalue weighted by Gasteiger charge is -2.40.